The summed E-state index contributed by atoms with van der Waals surface area (Å²) in [5.74, 6) is 0.542. The molecule has 2 heterocycles. The van der Waals surface area contributed by atoms with Gasteiger partial charge in [-0.3, -0.25) is 0 Å². The van der Waals surface area contributed by atoms with Crippen LogP contribution < -0.4 is 10.5 Å². The monoisotopic (exact) mass is 289 g/mol. The smallest absolute Gasteiger partial charge is 0.169 e. The topological polar surface area (TPSA) is 61.0 Å². The van der Waals surface area contributed by atoms with E-state index in [2.05, 4.69) is 9.97 Å². The van der Waals surface area contributed by atoms with Crippen LogP contribution in [0.5, 0.6) is 5.75 Å². The average molecular weight is 289 g/mol. The second-order valence-electron chi connectivity index (χ2n) is 4.33. The molecule has 2 aromatic heterocycles. The Morgan fingerprint density at radius 2 is 2.10 bits per heavy atom. The van der Waals surface area contributed by atoms with Crippen LogP contribution >= 0.6 is 11.3 Å². The van der Waals surface area contributed by atoms with Crippen molar-refractivity contribution in [2.75, 3.05) is 12.8 Å². The number of methoxy groups -OCH3 is 1. The van der Waals surface area contributed by atoms with Gasteiger partial charge in [0.2, 0.25) is 0 Å². The minimum Gasteiger partial charge on any atom is -0.496 e. The van der Waals surface area contributed by atoms with Crippen molar-refractivity contribution in [1.82, 2.24) is 9.97 Å². The molecule has 6 heteroatoms. The molecule has 20 heavy (non-hydrogen) atoms. The van der Waals surface area contributed by atoms with Crippen LogP contribution in [0, 0.1) is 12.7 Å². The molecular formula is C14H12FN3OS. The molecule has 0 spiro atoms. The predicted molar refractivity (Wildman–Crippen MR) is 78.5 cm³/mol. The Morgan fingerprint density at radius 1 is 1.30 bits per heavy atom. The number of benzene rings is 1. The molecule has 102 valence electrons. The van der Waals surface area contributed by atoms with E-state index >= 15 is 0 Å². The van der Waals surface area contributed by atoms with E-state index in [1.165, 1.54) is 24.5 Å². The SMILES string of the molecule is COc1cccc(F)c1-c1nc(N)c2cc(C)sc2n1. The van der Waals surface area contributed by atoms with Crippen LogP contribution in [0.2, 0.25) is 0 Å². The molecule has 4 nitrogen and oxygen atoms in total. The van der Waals surface area contributed by atoms with Gasteiger partial charge < -0.3 is 10.5 Å². The van der Waals surface area contributed by atoms with E-state index in [-0.39, 0.29) is 11.4 Å². The normalized spacial score (nSPS) is 10.9. The number of nitrogens with zero attached hydrogens (tertiary/aromatic N) is 2. The summed E-state index contributed by atoms with van der Waals surface area (Å²) >= 11 is 1.50. The summed E-state index contributed by atoms with van der Waals surface area (Å²) in [6, 6.07) is 6.52. The number of aryl methyl sites for hydroxylation is 1. The molecule has 0 saturated heterocycles. The summed E-state index contributed by atoms with van der Waals surface area (Å²) in [6.07, 6.45) is 0. The molecule has 3 rings (SSSR count). The fourth-order valence-corrected chi connectivity index (χ4v) is 2.95. The molecule has 0 aliphatic carbocycles. The summed E-state index contributed by atoms with van der Waals surface area (Å²) in [7, 11) is 1.48. The number of ether oxygens (including phenoxy) is 1. The largest absolute Gasteiger partial charge is 0.496 e. The minimum atomic E-state index is -0.434. The van der Waals surface area contributed by atoms with Gasteiger partial charge in [0.05, 0.1) is 18.1 Å². The lowest BCUT2D eigenvalue weighted by molar-refractivity contribution is 0.413. The molecule has 0 radical (unpaired) electrons. The van der Waals surface area contributed by atoms with Crippen molar-refractivity contribution in [2.45, 2.75) is 6.92 Å². The third-order valence-electron chi connectivity index (χ3n) is 2.96. The number of hydrogen-bond donors (Lipinski definition) is 1. The molecular weight excluding hydrogens is 277 g/mol. The lowest BCUT2D eigenvalue weighted by Gasteiger charge is -2.08. The maximum atomic E-state index is 14.1. The van der Waals surface area contributed by atoms with Gasteiger partial charge in [-0.25, -0.2) is 14.4 Å². The third-order valence-corrected chi connectivity index (χ3v) is 3.91. The van der Waals surface area contributed by atoms with E-state index in [0.29, 0.717) is 11.6 Å². The van der Waals surface area contributed by atoms with Crippen LogP contribution in [0.1, 0.15) is 4.88 Å². The number of anilines is 1. The first-order valence-corrected chi connectivity index (χ1v) is 6.78. The number of aromatic nitrogens is 2. The van der Waals surface area contributed by atoms with Gasteiger partial charge in [0.1, 0.15) is 22.2 Å². The van der Waals surface area contributed by atoms with E-state index < -0.39 is 5.82 Å². The predicted octanol–water partition coefficient (Wildman–Crippen LogP) is 3.40. The molecule has 0 atom stereocenters. The summed E-state index contributed by atoms with van der Waals surface area (Å²) in [4.78, 5) is 10.4. The maximum absolute atomic E-state index is 14.1. The molecule has 0 amide bonds. The average Bonchev–Trinajstić information content (AvgIpc) is 2.79. The van der Waals surface area contributed by atoms with Crippen molar-refractivity contribution in [3.8, 4) is 17.1 Å². The van der Waals surface area contributed by atoms with E-state index in [1.807, 2.05) is 13.0 Å². The van der Waals surface area contributed by atoms with Crippen LogP contribution in [0.3, 0.4) is 0 Å². The highest BCUT2D eigenvalue weighted by Crippen LogP contribution is 2.34. The van der Waals surface area contributed by atoms with Gasteiger partial charge in [-0.1, -0.05) is 6.07 Å². The highest BCUT2D eigenvalue weighted by molar-refractivity contribution is 7.18. The fourth-order valence-electron chi connectivity index (χ4n) is 2.07. The van der Waals surface area contributed by atoms with Gasteiger partial charge >= 0.3 is 0 Å². The molecule has 3 aromatic rings. The van der Waals surface area contributed by atoms with E-state index in [0.717, 1.165) is 15.1 Å². The van der Waals surface area contributed by atoms with Crippen molar-refractivity contribution in [1.29, 1.82) is 0 Å². The minimum absolute atomic E-state index is 0.231. The molecule has 0 saturated carbocycles. The Morgan fingerprint density at radius 3 is 2.85 bits per heavy atom. The fraction of sp³-hybridized carbons (Fsp3) is 0.143. The van der Waals surface area contributed by atoms with E-state index in [9.17, 15) is 4.39 Å². The summed E-state index contributed by atoms with van der Waals surface area (Å²) < 4.78 is 19.2. The Balaban J connectivity index is 2.30. The van der Waals surface area contributed by atoms with E-state index in [4.69, 9.17) is 10.5 Å². The maximum Gasteiger partial charge on any atom is 0.169 e. The van der Waals surface area contributed by atoms with Gasteiger partial charge in [-0.15, -0.1) is 11.3 Å². The molecule has 0 fully saturated rings. The van der Waals surface area contributed by atoms with Crippen molar-refractivity contribution in [3.05, 3.63) is 35.0 Å². The molecule has 0 bridgehead atoms. The molecule has 0 unspecified atom stereocenters. The van der Waals surface area contributed by atoms with Crippen molar-refractivity contribution < 1.29 is 9.13 Å². The molecule has 1 aromatic carbocycles. The molecule has 2 N–H and O–H groups in total. The Bertz CT molecular complexity index is 800. The van der Waals surface area contributed by atoms with Gasteiger partial charge in [-0.05, 0) is 25.1 Å². The highest BCUT2D eigenvalue weighted by atomic mass is 32.1. The van der Waals surface area contributed by atoms with E-state index in [1.54, 1.807) is 12.1 Å². The van der Waals surface area contributed by atoms with Gasteiger partial charge in [0.15, 0.2) is 5.82 Å². The molecule has 0 aliphatic heterocycles. The Labute approximate surface area is 119 Å². The zero-order valence-electron chi connectivity index (χ0n) is 11.0. The first-order chi connectivity index (χ1) is 9.60. The number of nitrogen functional groups attached to an aromatic ring is 1. The summed E-state index contributed by atoms with van der Waals surface area (Å²) in [6.45, 7) is 1.97. The Kier molecular flexibility index (Phi) is 3.02. The number of rotatable bonds is 2. The second kappa shape index (κ2) is 4.72. The lowest BCUT2D eigenvalue weighted by Crippen LogP contribution is -1.99. The lowest BCUT2D eigenvalue weighted by atomic mass is 10.1. The van der Waals surface area contributed by atoms with Crippen LogP contribution in [0.15, 0.2) is 24.3 Å². The second-order valence-corrected chi connectivity index (χ2v) is 5.56. The number of thiophene rings is 1. The van der Waals surface area contributed by atoms with Crippen molar-refractivity contribution in [3.63, 3.8) is 0 Å². The van der Waals surface area contributed by atoms with Gasteiger partial charge in [0.25, 0.3) is 0 Å². The van der Waals surface area contributed by atoms with Gasteiger partial charge in [0, 0.05) is 4.88 Å². The highest BCUT2D eigenvalue weighted by Gasteiger charge is 2.17. The Hall–Kier alpha value is -2.21. The zero-order chi connectivity index (χ0) is 14.3. The molecule has 0 aliphatic rings. The summed E-state index contributed by atoms with van der Waals surface area (Å²) in [5.41, 5.74) is 6.17. The first kappa shape index (κ1) is 12.8. The zero-order valence-corrected chi connectivity index (χ0v) is 11.8. The van der Waals surface area contributed by atoms with Crippen LogP contribution in [-0.4, -0.2) is 17.1 Å². The summed E-state index contributed by atoms with van der Waals surface area (Å²) in [5, 5.41) is 0.798. The van der Waals surface area contributed by atoms with Crippen LogP contribution in [0.25, 0.3) is 21.6 Å². The first-order valence-electron chi connectivity index (χ1n) is 5.96. The van der Waals surface area contributed by atoms with Crippen molar-refractivity contribution in [2.24, 2.45) is 0 Å². The third kappa shape index (κ3) is 1.98. The quantitative estimate of drug-likeness (QED) is 0.785. The van der Waals surface area contributed by atoms with Gasteiger partial charge in [-0.2, -0.15) is 0 Å². The van der Waals surface area contributed by atoms with Crippen LogP contribution in [0.4, 0.5) is 10.2 Å². The van der Waals surface area contributed by atoms with Crippen molar-refractivity contribution >= 4 is 27.4 Å². The standard InChI is InChI=1S/C14H12FN3OS/c1-7-6-8-12(16)17-13(18-14(8)20-7)11-9(15)4-3-5-10(11)19-2/h3-6H,1-2H3,(H2,16,17,18). The number of hydrogen-bond acceptors (Lipinski definition) is 5. The number of fused-ring (bicyclic) bond motifs is 1. The number of nitrogens with two attached hydrogens (primary N) is 1. The number of halogens is 1. The van der Waals surface area contributed by atoms with Crippen LogP contribution in [-0.2, 0) is 0 Å².